The molecule has 21 heteroatoms. The highest BCUT2D eigenvalue weighted by Gasteiger charge is 2.31. The molecule has 58 heavy (non-hydrogen) atoms. The van der Waals surface area contributed by atoms with Crippen LogP contribution in [0.25, 0.3) is 0 Å². The molecule has 0 fully saturated rings. The summed E-state index contributed by atoms with van der Waals surface area (Å²) < 4.78 is 0. The summed E-state index contributed by atoms with van der Waals surface area (Å²) in [5, 5.41) is 27.1. The van der Waals surface area contributed by atoms with E-state index in [2.05, 4.69) is 42.2 Å². The van der Waals surface area contributed by atoms with Crippen LogP contribution < -0.4 is 60.2 Å². The number of carbonyl (C=O) groups excluding carboxylic acids is 8. The molecule has 16 N–H and O–H groups in total. The summed E-state index contributed by atoms with van der Waals surface area (Å²) in [5.74, 6) is -6.39. The molecule has 0 aliphatic rings. The molecule has 2 aromatic rings. The molecule has 0 bridgehead atoms. The summed E-state index contributed by atoms with van der Waals surface area (Å²) in [6, 6.07) is 11.6. The number of guanidine groups is 1. The molecule has 0 aliphatic carbocycles. The number of nitrogens with two attached hydrogens (primary N) is 4. The van der Waals surface area contributed by atoms with E-state index in [4.69, 9.17) is 22.9 Å². The van der Waals surface area contributed by atoms with Gasteiger partial charge in [-0.3, -0.25) is 43.3 Å². The van der Waals surface area contributed by atoms with Crippen molar-refractivity contribution in [1.29, 1.82) is 0 Å². The van der Waals surface area contributed by atoms with Gasteiger partial charge in [-0.1, -0.05) is 60.7 Å². The van der Waals surface area contributed by atoms with Gasteiger partial charge in [0.1, 0.15) is 24.2 Å². The lowest BCUT2D eigenvalue weighted by molar-refractivity contribution is -0.135. The number of aliphatic imine (C=N–C) groups is 1. The minimum Gasteiger partial charge on any atom is -0.391 e. The van der Waals surface area contributed by atoms with Crippen molar-refractivity contribution < 1.29 is 43.5 Å². The van der Waals surface area contributed by atoms with Crippen LogP contribution >= 0.6 is 0 Å². The summed E-state index contributed by atoms with van der Waals surface area (Å²) in [6.07, 6.45) is -0.823. The smallest absolute Gasteiger partial charge is 0.245 e. The maximum atomic E-state index is 13.5. The Morgan fingerprint density at radius 2 is 1.16 bits per heavy atom. The van der Waals surface area contributed by atoms with Crippen molar-refractivity contribution in [3.05, 3.63) is 71.8 Å². The largest absolute Gasteiger partial charge is 0.391 e. The predicted molar refractivity (Wildman–Crippen MR) is 211 cm³/mol. The molecule has 0 spiro atoms. The van der Waals surface area contributed by atoms with Gasteiger partial charge in [0.15, 0.2) is 5.96 Å². The Bertz CT molecular complexity index is 1740. The Kier molecular flexibility index (Phi) is 20.3. The van der Waals surface area contributed by atoms with Gasteiger partial charge in [0.05, 0.1) is 31.8 Å². The van der Waals surface area contributed by atoms with Crippen LogP contribution in [0.5, 0.6) is 0 Å². The third kappa shape index (κ3) is 18.3. The van der Waals surface area contributed by atoms with Crippen molar-refractivity contribution in [1.82, 2.24) is 37.2 Å². The number of benzene rings is 2. The van der Waals surface area contributed by atoms with Gasteiger partial charge < -0.3 is 65.3 Å². The number of amides is 8. The van der Waals surface area contributed by atoms with Crippen LogP contribution in [-0.2, 0) is 51.2 Å². The van der Waals surface area contributed by atoms with Crippen molar-refractivity contribution >= 4 is 53.2 Å². The van der Waals surface area contributed by atoms with Gasteiger partial charge in [0, 0.05) is 13.0 Å². The van der Waals surface area contributed by atoms with E-state index in [1.807, 2.05) is 18.2 Å². The van der Waals surface area contributed by atoms with Crippen LogP contribution in [-0.4, -0.2) is 121 Å². The zero-order valence-corrected chi connectivity index (χ0v) is 32.4. The quantitative estimate of drug-likeness (QED) is 0.0270. The van der Waals surface area contributed by atoms with E-state index in [-0.39, 0.29) is 31.8 Å². The average Bonchev–Trinajstić information content (AvgIpc) is 3.18. The number of aliphatic hydroxyl groups is 1. The predicted octanol–water partition coefficient (Wildman–Crippen LogP) is -4.97. The van der Waals surface area contributed by atoms with E-state index in [0.29, 0.717) is 12.0 Å². The molecule has 0 radical (unpaired) electrons. The number of rotatable bonds is 24. The van der Waals surface area contributed by atoms with E-state index in [9.17, 15) is 43.5 Å². The van der Waals surface area contributed by atoms with Crippen LogP contribution in [0.2, 0.25) is 0 Å². The molecule has 0 aliphatic heterocycles. The second kappa shape index (κ2) is 24.8. The maximum absolute atomic E-state index is 13.5. The minimum absolute atomic E-state index is 0.0505. The number of hydrogen-bond acceptors (Lipinski definition) is 11. The van der Waals surface area contributed by atoms with E-state index in [1.54, 1.807) is 42.5 Å². The highest BCUT2D eigenvalue weighted by molar-refractivity contribution is 5.96. The summed E-state index contributed by atoms with van der Waals surface area (Å²) in [6.45, 7) is 1.04. The van der Waals surface area contributed by atoms with Gasteiger partial charge in [-0.2, -0.15) is 0 Å². The SMILES string of the molecule is C[C@H](NC(=O)CNC(=O)[C@@H](NC(=O)[C@H](Cc1ccccc1)NC(=O)CNC(=O)CNC(=O)[C@@H](N)Cc1ccccc1)[C@@H](C)O)C(=O)N[C@@H](CCCN=C(N)N)C(N)=O. The van der Waals surface area contributed by atoms with Crippen molar-refractivity contribution in [2.24, 2.45) is 27.9 Å². The summed E-state index contributed by atoms with van der Waals surface area (Å²) >= 11 is 0. The molecule has 0 saturated carbocycles. The Labute approximate surface area is 335 Å². The van der Waals surface area contributed by atoms with Gasteiger partial charge in [0.2, 0.25) is 47.3 Å². The standard InChI is InChI=1S/C37H54N12O9/c1-21(33(55)48-26(32(39)54)14-9-15-42-37(40)41)46-29(52)20-45-36(58)31(22(2)50)49-35(57)27(17-24-12-7-4-8-13-24)47-30(53)19-43-28(51)18-44-34(56)25(38)16-23-10-5-3-6-11-23/h3-8,10-13,21-22,25-27,31,50H,9,14-20,38H2,1-2H3,(H2,39,54)(H,43,51)(H,44,56)(H,45,58)(H,46,52)(H,47,53)(H,48,55)(H,49,57)(H4,40,41,42)/t21-,22+,25-,26-,27-,31-/m0/s1. The molecule has 0 heterocycles. The summed E-state index contributed by atoms with van der Waals surface area (Å²) in [4.78, 5) is 105. The Balaban J connectivity index is 1.94. The second-order valence-electron chi connectivity index (χ2n) is 13.2. The molecular formula is C37H54N12O9. The number of hydrogen-bond donors (Lipinski definition) is 12. The molecular weight excluding hydrogens is 756 g/mol. The minimum atomic E-state index is -1.59. The van der Waals surface area contributed by atoms with Gasteiger partial charge in [-0.15, -0.1) is 0 Å². The molecule has 6 atom stereocenters. The first-order valence-electron chi connectivity index (χ1n) is 18.3. The lowest BCUT2D eigenvalue weighted by Gasteiger charge is -2.25. The van der Waals surface area contributed by atoms with Crippen molar-refractivity contribution in [3.8, 4) is 0 Å². The first-order valence-corrected chi connectivity index (χ1v) is 18.3. The summed E-state index contributed by atoms with van der Waals surface area (Å²) in [7, 11) is 0. The number of nitrogens with one attached hydrogen (secondary N) is 7. The third-order valence-corrected chi connectivity index (χ3v) is 8.30. The highest BCUT2D eigenvalue weighted by atomic mass is 16.3. The van der Waals surface area contributed by atoms with Crippen LogP contribution in [0.15, 0.2) is 65.7 Å². The molecule has 8 amide bonds. The van der Waals surface area contributed by atoms with E-state index in [0.717, 1.165) is 5.56 Å². The first-order chi connectivity index (χ1) is 27.5. The fourth-order valence-electron chi connectivity index (χ4n) is 5.19. The molecule has 316 valence electrons. The number of aliphatic hydroxyl groups excluding tert-OH is 1. The number of primary amides is 1. The monoisotopic (exact) mass is 810 g/mol. The van der Waals surface area contributed by atoms with Crippen LogP contribution in [0.4, 0.5) is 0 Å². The topological polar surface area (TPSA) is 357 Å². The third-order valence-electron chi connectivity index (χ3n) is 8.30. The van der Waals surface area contributed by atoms with Crippen molar-refractivity contribution in [2.75, 3.05) is 26.2 Å². The van der Waals surface area contributed by atoms with E-state index in [1.165, 1.54) is 13.8 Å². The van der Waals surface area contributed by atoms with Gasteiger partial charge in [0.25, 0.3) is 0 Å². The molecule has 0 unspecified atom stereocenters. The zero-order valence-electron chi connectivity index (χ0n) is 32.4. The van der Waals surface area contributed by atoms with Crippen LogP contribution in [0.3, 0.4) is 0 Å². The lowest BCUT2D eigenvalue weighted by atomic mass is 10.0. The Hall–Kier alpha value is -6.61. The van der Waals surface area contributed by atoms with Gasteiger partial charge >= 0.3 is 0 Å². The van der Waals surface area contributed by atoms with Gasteiger partial charge in [-0.05, 0) is 44.2 Å². The maximum Gasteiger partial charge on any atom is 0.245 e. The Morgan fingerprint density at radius 3 is 1.72 bits per heavy atom. The second-order valence-corrected chi connectivity index (χ2v) is 13.2. The fourth-order valence-corrected chi connectivity index (χ4v) is 5.19. The highest BCUT2D eigenvalue weighted by Crippen LogP contribution is 2.06. The summed E-state index contributed by atoms with van der Waals surface area (Å²) in [5.41, 5.74) is 23.3. The number of carbonyl (C=O) groups is 8. The molecule has 21 nitrogen and oxygen atoms in total. The fraction of sp³-hybridized carbons (Fsp3) is 0.432. The van der Waals surface area contributed by atoms with Crippen molar-refractivity contribution in [2.45, 2.75) is 75.8 Å². The molecule has 2 rings (SSSR count). The molecule has 0 aromatic heterocycles. The molecule has 0 saturated heterocycles. The lowest BCUT2D eigenvalue weighted by Crippen LogP contribution is -2.59. The van der Waals surface area contributed by atoms with Gasteiger partial charge in [-0.25, -0.2) is 0 Å². The van der Waals surface area contributed by atoms with Crippen molar-refractivity contribution in [3.63, 3.8) is 0 Å². The normalized spacial score (nSPS) is 13.7. The average molecular weight is 811 g/mol. The van der Waals surface area contributed by atoms with Crippen LogP contribution in [0, 0.1) is 0 Å². The number of nitrogens with zero attached hydrogens (tertiary/aromatic N) is 1. The van der Waals surface area contributed by atoms with E-state index >= 15 is 0 Å². The Morgan fingerprint density at radius 1 is 0.621 bits per heavy atom. The zero-order chi connectivity index (χ0) is 43.2. The van der Waals surface area contributed by atoms with E-state index < -0.39 is 103 Å². The first kappa shape index (κ1) is 47.5. The molecule has 2 aromatic carbocycles. The van der Waals surface area contributed by atoms with Crippen LogP contribution in [0.1, 0.15) is 37.8 Å².